The molecule has 1 aliphatic rings. The third kappa shape index (κ3) is 7.45. The van der Waals surface area contributed by atoms with Crippen LogP contribution in [-0.4, -0.2) is 67.9 Å². The molecule has 8 heteroatoms. The molecule has 1 aliphatic carbocycles. The number of carbonyl (C=O) groups is 2. The van der Waals surface area contributed by atoms with Crippen LogP contribution in [0.25, 0.3) is 0 Å². The van der Waals surface area contributed by atoms with Crippen LogP contribution < -0.4 is 10.6 Å². The molecular weight excluding hydrogens is 420 g/mol. The summed E-state index contributed by atoms with van der Waals surface area (Å²) in [6.07, 6.45) is 1.24. The van der Waals surface area contributed by atoms with E-state index in [1.807, 2.05) is 44.3 Å². The van der Waals surface area contributed by atoms with E-state index in [-0.39, 0.29) is 18.4 Å². The molecule has 5 unspecified atom stereocenters. The van der Waals surface area contributed by atoms with Crippen molar-refractivity contribution < 1.29 is 24.2 Å². The number of nitrogens with one attached hydrogen (secondary N) is 2. The maximum absolute atomic E-state index is 13.0. The number of rotatable bonds is 11. The minimum absolute atomic E-state index is 0.277. The summed E-state index contributed by atoms with van der Waals surface area (Å²) >= 11 is 6.56. The lowest BCUT2D eigenvalue weighted by molar-refractivity contribution is -0.148. The minimum Gasteiger partial charge on any atom is -0.467 e. The van der Waals surface area contributed by atoms with E-state index in [0.29, 0.717) is 13.0 Å². The number of ether oxygens (including phenoxy) is 2. The summed E-state index contributed by atoms with van der Waals surface area (Å²) in [7, 11) is 3.20. The number of hydrogen-bond donors (Lipinski definition) is 3. The first-order valence-corrected chi connectivity index (χ1v) is 11.3. The molecule has 0 aliphatic heterocycles. The SMILES string of the molecule is CNCCCCOC1C(Cl)CC(C(=O)N[C@@H](Cc2ccccc2)C(=O)OC)C(O)C1C. The number of aliphatic hydroxyl groups is 1. The van der Waals surface area contributed by atoms with Gasteiger partial charge < -0.3 is 25.2 Å². The molecule has 1 aromatic carbocycles. The van der Waals surface area contributed by atoms with Crippen molar-refractivity contribution >= 4 is 23.5 Å². The summed E-state index contributed by atoms with van der Waals surface area (Å²) in [6, 6.07) is 8.55. The Bertz CT molecular complexity index is 690. The second-order valence-corrected chi connectivity index (χ2v) is 8.69. The van der Waals surface area contributed by atoms with Gasteiger partial charge in [-0.3, -0.25) is 4.79 Å². The highest BCUT2D eigenvalue weighted by molar-refractivity contribution is 6.21. The maximum atomic E-state index is 13.0. The quantitative estimate of drug-likeness (QED) is 0.268. The van der Waals surface area contributed by atoms with Crippen molar-refractivity contribution in [3.05, 3.63) is 35.9 Å². The minimum atomic E-state index is -0.910. The molecule has 6 atom stereocenters. The molecule has 0 saturated heterocycles. The second-order valence-electron chi connectivity index (χ2n) is 8.13. The van der Waals surface area contributed by atoms with Crippen LogP contribution in [0.2, 0.25) is 0 Å². The Morgan fingerprint density at radius 3 is 2.61 bits per heavy atom. The molecule has 31 heavy (non-hydrogen) atoms. The first-order chi connectivity index (χ1) is 14.9. The molecule has 1 aromatic rings. The van der Waals surface area contributed by atoms with Crippen LogP contribution in [0.1, 0.15) is 31.7 Å². The number of benzene rings is 1. The van der Waals surface area contributed by atoms with Crippen molar-refractivity contribution in [2.45, 2.75) is 56.2 Å². The van der Waals surface area contributed by atoms with E-state index in [1.54, 1.807) is 0 Å². The molecule has 0 bridgehead atoms. The van der Waals surface area contributed by atoms with Gasteiger partial charge in [-0.25, -0.2) is 4.79 Å². The normalized spacial score (nSPS) is 26.8. The van der Waals surface area contributed by atoms with Crippen molar-refractivity contribution in [1.29, 1.82) is 0 Å². The van der Waals surface area contributed by atoms with Gasteiger partial charge >= 0.3 is 5.97 Å². The fourth-order valence-corrected chi connectivity index (χ4v) is 4.51. The van der Waals surface area contributed by atoms with E-state index in [0.717, 1.165) is 24.9 Å². The molecule has 0 aromatic heterocycles. The standard InChI is InChI=1S/C23H35ClN2O5/c1-15-20(27)17(14-18(24)21(15)31-12-8-7-11-25-2)22(28)26-19(23(29)30-3)13-16-9-5-4-6-10-16/h4-6,9-10,15,17-21,25,27H,7-8,11-14H2,1-3H3,(H,26,28)/t15?,17?,18?,19-,20?,21?/m0/s1. The number of alkyl halides is 1. The Kier molecular flexibility index (Phi) is 10.7. The highest BCUT2D eigenvalue weighted by atomic mass is 35.5. The van der Waals surface area contributed by atoms with E-state index < -0.39 is 35.3 Å². The molecule has 0 heterocycles. The van der Waals surface area contributed by atoms with Crippen molar-refractivity contribution in [2.24, 2.45) is 11.8 Å². The number of esters is 1. The molecule has 2 rings (SSSR count). The van der Waals surface area contributed by atoms with Crippen LogP contribution in [-0.2, 0) is 25.5 Å². The molecule has 1 fully saturated rings. The largest absolute Gasteiger partial charge is 0.467 e. The third-order valence-electron chi connectivity index (χ3n) is 5.86. The predicted molar refractivity (Wildman–Crippen MR) is 120 cm³/mol. The molecule has 3 N–H and O–H groups in total. The monoisotopic (exact) mass is 454 g/mol. The van der Waals surface area contributed by atoms with Gasteiger partial charge in [0.25, 0.3) is 0 Å². The van der Waals surface area contributed by atoms with E-state index >= 15 is 0 Å². The van der Waals surface area contributed by atoms with Gasteiger partial charge in [0.05, 0.1) is 30.6 Å². The van der Waals surface area contributed by atoms with E-state index in [9.17, 15) is 14.7 Å². The number of aliphatic hydroxyl groups excluding tert-OH is 1. The number of hydrogen-bond acceptors (Lipinski definition) is 6. The van der Waals surface area contributed by atoms with Crippen molar-refractivity contribution in [3.63, 3.8) is 0 Å². The highest BCUT2D eigenvalue weighted by Gasteiger charge is 2.45. The zero-order chi connectivity index (χ0) is 22.8. The Morgan fingerprint density at radius 2 is 1.97 bits per heavy atom. The average molecular weight is 455 g/mol. The Morgan fingerprint density at radius 1 is 1.26 bits per heavy atom. The molecule has 174 valence electrons. The summed E-state index contributed by atoms with van der Waals surface area (Å²) in [6.45, 7) is 3.33. The van der Waals surface area contributed by atoms with Crippen LogP contribution in [0, 0.1) is 11.8 Å². The Balaban J connectivity index is 1.97. The first kappa shape index (κ1) is 25.6. The zero-order valence-electron chi connectivity index (χ0n) is 18.6. The molecule has 0 spiro atoms. The van der Waals surface area contributed by atoms with Gasteiger partial charge in [-0.05, 0) is 38.4 Å². The van der Waals surface area contributed by atoms with Crippen LogP contribution in [0.4, 0.5) is 0 Å². The van der Waals surface area contributed by atoms with Crippen molar-refractivity contribution in [1.82, 2.24) is 10.6 Å². The molecular formula is C23H35ClN2O5. The summed E-state index contributed by atoms with van der Waals surface area (Å²) in [5.41, 5.74) is 0.901. The van der Waals surface area contributed by atoms with Gasteiger partial charge in [0.15, 0.2) is 0 Å². The van der Waals surface area contributed by atoms with Crippen LogP contribution in [0.15, 0.2) is 30.3 Å². The fourth-order valence-electron chi connectivity index (χ4n) is 4.01. The van der Waals surface area contributed by atoms with E-state index in [4.69, 9.17) is 21.1 Å². The van der Waals surface area contributed by atoms with Gasteiger partial charge in [0, 0.05) is 18.9 Å². The number of amides is 1. The van der Waals surface area contributed by atoms with Crippen molar-refractivity contribution in [2.75, 3.05) is 27.3 Å². The zero-order valence-corrected chi connectivity index (χ0v) is 19.3. The van der Waals surface area contributed by atoms with Crippen LogP contribution in [0.3, 0.4) is 0 Å². The number of halogens is 1. The van der Waals surface area contributed by atoms with Gasteiger partial charge in [-0.2, -0.15) is 0 Å². The smallest absolute Gasteiger partial charge is 0.328 e. The lowest BCUT2D eigenvalue weighted by atomic mass is 9.76. The average Bonchev–Trinajstić information content (AvgIpc) is 2.77. The predicted octanol–water partition coefficient (Wildman–Crippen LogP) is 1.90. The van der Waals surface area contributed by atoms with E-state index in [2.05, 4.69) is 10.6 Å². The maximum Gasteiger partial charge on any atom is 0.328 e. The molecule has 1 saturated carbocycles. The molecule has 1 amide bonds. The summed E-state index contributed by atoms with van der Waals surface area (Å²) < 4.78 is 10.8. The summed E-state index contributed by atoms with van der Waals surface area (Å²) in [5.74, 6) is -1.95. The second kappa shape index (κ2) is 13.0. The lowest BCUT2D eigenvalue weighted by Gasteiger charge is -2.41. The summed E-state index contributed by atoms with van der Waals surface area (Å²) in [5, 5.41) is 16.3. The van der Waals surface area contributed by atoms with Crippen LogP contribution >= 0.6 is 11.6 Å². The highest BCUT2D eigenvalue weighted by Crippen LogP contribution is 2.35. The third-order valence-corrected chi connectivity index (χ3v) is 6.28. The fraction of sp³-hybridized carbons (Fsp3) is 0.652. The van der Waals surface area contributed by atoms with E-state index in [1.165, 1.54) is 7.11 Å². The van der Waals surface area contributed by atoms with Crippen LogP contribution in [0.5, 0.6) is 0 Å². The summed E-state index contributed by atoms with van der Waals surface area (Å²) in [4.78, 5) is 25.2. The van der Waals surface area contributed by atoms with Gasteiger partial charge in [-0.1, -0.05) is 37.3 Å². The Labute approximate surface area is 189 Å². The first-order valence-electron chi connectivity index (χ1n) is 10.9. The van der Waals surface area contributed by atoms with Crippen molar-refractivity contribution in [3.8, 4) is 0 Å². The number of methoxy groups -OCH3 is 1. The number of unbranched alkanes of at least 4 members (excludes halogenated alkanes) is 1. The molecule has 0 radical (unpaired) electrons. The topological polar surface area (TPSA) is 96.9 Å². The van der Waals surface area contributed by atoms with Gasteiger partial charge in [0.1, 0.15) is 6.04 Å². The van der Waals surface area contributed by atoms with Gasteiger partial charge in [-0.15, -0.1) is 11.6 Å². The lowest BCUT2D eigenvalue weighted by Crippen LogP contribution is -2.55. The number of carbonyl (C=O) groups excluding carboxylic acids is 2. The Hall–Kier alpha value is -1.67. The molecule has 7 nitrogen and oxygen atoms in total. The van der Waals surface area contributed by atoms with Gasteiger partial charge in [0.2, 0.25) is 5.91 Å².